The minimum atomic E-state index is -3.55. The molecule has 1 aromatic carbocycles. The average molecular weight is 369 g/mol. The normalized spacial score (nSPS) is 15.1. The van der Waals surface area contributed by atoms with E-state index in [-0.39, 0.29) is 12.5 Å². The van der Waals surface area contributed by atoms with E-state index in [1.165, 1.54) is 0 Å². The van der Waals surface area contributed by atoms with Crippen molar-refractivity contribution in [2.45, 2.75) is 13.8 Å². The van der Waals surface area contributed by atoms with Crippen LogP contribution in [-0.4, -0.2) is 71.4 Å². The first-order chi connectivity index (χ1) is 11.9. The first-order valence-corrected chi connectivity index (χ1v) is 10.4. The Hall–Kier alpha value is -1.80. The quantitative estimate of drug-likeness (QED) is 0.721. The maximum absolute atomic E-state index is 12.5. The van der Waals surface area contributed by atoms with E-state index in [0.29, 0.717) is 32.0 Å². The zero-order valence-corrected chi connectivity index (χ0v) is 16.0. The van der Waals surface area contributed by atoms with Gasteiger partial charge in [-0.2, -0.15) is 0 Å². The van der Waals surface area contributed by atoms with Gasteiger partial charge in [0.2, 0.25) is 15.9 Å². The van der Waals surface area contributed by atoms with Gasteiger partial charge in [0.25, 0.3) is 0 Å². The van der Waals surface area contributed by atoms with Gasteiger partial charge in [-0.25, -0.2) is 8.42 Å². The molecule has 1 amide bonds. The van der Waals surface area contributed by atoms with Crippen LogP contribution in [0.1, 0.15) is 13.8 Å². The third kappa shape index (κ3) is 5.09. The lowest BCUT2D eigenvalue weighted by Crippen LogP contribution is -2.47. The maximum Gasteiger partial charge on any atom is 0.243 e. The lowest BCUT2D eigenvalue weighted by Gasteiger charge is -2.30. The second-order valence-electron chi connectivity index (χ2n) is 5.95. The second kappa shape index (κ2) is 8.53. The van der Waals surface area contributed by atoms with Crippen molar-refractivity contribution in [3.8, 4) is 0 Å². The van der Waals surface area contributed by atoms with E-state index in [0.717, 1.165) is 29.3 Å². The average Bonchev–Trinajstić information content (AvgIpc) is 2.61. The van der Waals surface area contributed by atoms with Crippen LogP contribution in [0.25, 0.3) is 0 Å². The number of amides is 1. The fourth-order valence-electron chi connectivity index (χ4n) is 2.85. The van der Waals surface area contributed by atoms with E-state index in [4.69, 9.17) is 4.74 Å². The van der Waals surface area contributed by atoms with Gasteiger partial charge in [-0.15, -0.1) is 0 Å². The zero-order valence-electron chi connectivity index (χ0n) is 15.1. The van der Waals surface area contributed by atoms with Gasteiger partial charge in [0, 0.05) is 31.9 Å². The Morgan fingerprint density at radius 1 is 1.08 bits per heavy atom. The first-order valence-electron chi connectivity index (χ1n) is 8.55. The number of hydrogen-bond donors (Lipinski definition) is 0. The minimum absolute atomic E-state index is 0.191. The number of rotatable bonds is 7. The van der Waals surface area contributed by atoms with Gasteiger partial charge < -0.3 is 14.5 Å². The molecule has 7 nitrogen and oxygen atoms in total. The number of nitrogens with zero attached hydrogens (tertiary/aromatic N) is 3. The van der Waals surface area contributed by atoms with Crippen molar-refractivity contribution in [3.05, 3.63) is 24.3 Å². The van der Waals surface area contributed by atoms with Gasteiger partial charge in [0.1, 0.15) is 6.54 Å². The number of sulfonamides is 1. The first kappa shape index (κ1) is 19.5. The Labute approximate surface area is 150 Å². The Kier molecular flexibility index (Phi) is 6.66. The van der Waals surface area contributed by atoms with E-state index < -0.39 is 10.0 Å². The highest BCUT2D eigenvalue weighted by Gasteiger charge is 2.25. The molecule has 0 N–H and O–H groups in total. The van der Waals surface area contributed by atoms with E-state index >= 15 is 0 Å². The lowest BCUT2D eigenvalue weighted by molar-refractivity contribution is -0.133. The third-order valence-electron chi connectivity index (χ3n) is 4.31. The van der Waals surface area contributed by atoms with Crippen molar-refractivity contribution in [3.63, 3.8) is 0 Å². The molecule has 1 saturated heterocycles. The van der Waals surface area contributed by atoms with E-state index in [1.54, 1.807) is 17.0 Å². The molecule has 1 aliphatic rings. The largest absolute Gasteiger partial charge is 0.378 e. The van der Waals surface area contributed by atoms with Gasteiger partial charge in [-0.3, -0.25) is 9.10 Å². The number of hydrogen-bond acceptors (Lipinski definition) is 5. The van der Waals surface area contributed by atoms with Gasteiger partial charge >= 0.3 is 0 Å². The molecule has 2 rings (SSSR count). The van der Waals surface area contributed by atoms with Crippen LogP contribution in [0.5, 0.6) is 0 Å². The molecule has 0 bridgehead atoms. The van der Waals surface area contributed by atoms with Crippen LogP contribution in [0, 0.1) is 0 Å². The summed E-state index contributed by atoms with van der Waals surface area (Å²) in [5.41, 5.74) is 1.53. The predicted octanol–water partition coefficient (Wildman–Crippen LogP) is 1.16. The van der Waals surface area contributed by atoms with E-state index in [9.17, 15) is 13.2 Å². The van der Waals surface area contributed by atoms with Crippen LogP contribution in [0.4, 0.5) is 11.4 Å². The summed E-state index contributed by atoms with van der Waals surface area (Å²) in [5, 5.41) is 0. The molecule has 0 aliphatic carbocycles. The Morgan fingerprint density at radius 2 is 1.60 bits per heavy atom. The molecule has 1 fully saturated rings. The topological polar surface area (TPSA) is 70.2 Å². The second-order valence-corrected chi connectivity index (χ2v) is 7.86. The Balaban J connectivity index is 2.18. The smallest absolute Gasteiger partial charge is 0.243 e. The minimum Gasteiger partial charge on any atom is -0.378 e. The van der Waals surface area contributed by atoms with Crippen LogP contribution in [0.15, 0.2) is 24.3 Å². The molecular formula is C17H27N3O4S. The molecule has 8 heteroatoms. The fourth-order valence-corrected chi connectivity index (χ4v) is 3.70. The molecule has 1 aromatic rings. The number of morpholine rings is 1. The van der Waals surface area contributed by atoms with Crippen molar-refractivity contribution in [2.75, 3.05) is 61.4 Å². The number of carbonyl (C=O) groups is 1. The highest BCUT2D eigenvalue weighted by atomic mass is 32.2. The van der Waals surface area contributed by atoms with Gasteiger partial charge in [-0.05, 0) is 38.1 Å². The molecule has 0 unspecified atom stereocenters. The molecule has 0 radical (unpaired) electrons. The highest BCUT2D eigenvalue weighted by molar-refractivity contribution is 7.92. The van der Waals surface area contributed by atoms with Gasteiger partial charge in [-0.1, -0.05) is 0 Å². The van der Waals surface area contributed by atoms with Crippen molar-refractivity contribution < 1.29 is 17.9 Å². The molecule has 0 saturated carbocycles. The monoisotopic (exact) mass is 369 g/mol. The molecule has 0 atom stereocenters. The number of carbonyl (C=O) groups excluding carboxylic acids is 1. The lowest BCUT2D eigenvalue weighted by atomic mass is 10.2. The van der Waals surface area contributed by atoms with Crippen molar-refractivity contribution in [1.82, 2.24) is 4.90 Å². The summed E-state index contributed by atoms with van der Waals surface area (Å²) in [7, 11) is -3.55. The Morgan fingerprint density at radius 3 is 2.08 bits per heavy atom. The van der Waals surface area contributed by atoms with Gasteiger partial charge in [0.05, 0.1) is 25.2 Å². The van der Waals surface area contributed by atoms with E-state index in [1.807, 2.05) is 12.1 Å². The molecule has 140 valence electrons. The molecule has 1 heterocycles. The van der Waals surface area contributed by atoms with Crippen LogP contribution >= 0.6 is 0 Å². The van der Waals surface area contributed by atoms with Crippen LogP contribution in [0.3, 0.4) is 0 Å². The summed E-state index contributed by atoms with van der Waals surface area (Å²) in [6.45, 7) is 7.68. The zero-order chi connectivity index (χ0) is 18.4. The van der Waals surface area contributed by atoms with Crippen molar-refractivity contribution >= 4 is 27.3 Å². The summed E-state index contributed by atoms with van der Waals surface area (Å²) in [6.07, 6.45) is 1.12. The molecule has 0 spiro atoms. The summed E-state index contributed by atoms with van der Waals surface area (Å²) in [4.78, 5) is 16.3. The predicted molar refractivity (Wildman–Crippen MR) is 99.6 cm³/mol. The summed E-state index contributed by atoms with van der Waals surface area (Å²) < 4.78 is 30.8. The fraction of sp³-hybridized carbons (Fsp3) is 0.588. The third-order valence-corrected chi connectivity index (χ3v) is 5.45. The summed E-state index contributed by atoms with van der Waals surface area (Å²) in [5.74, 6) is -0.207. The van der Waals surface area contributed by atoms with Crippen LogP contribution in [-0.2, 0) is 19.6 Å². The number of ether oxygens (including phenoxy) is 1. The van der Waals surface area contributed by atoms with Crippen LogP contribution in [0.2, 0.25) is 0 Å². The SMILES string of the molecule is CCN(CC)c1ccc(N(CC(=O)N2CCOCC2)S(C)(=O)=O)cc1. The van der Waals surface area contributed by atoms with E-state index in [2.05, 4.69) is 18.7 Å². The van der Waals surface area contributed by atoms with Crippen LogP contribution < -0.4 is 9.21 Å². The van der Waals surface area contributed by atoms with Gasteiger partial charge in [0.15, 0.2) is 0 Å². The summed E-state index contributed by atoms with van der Waals surface area (Å²) >= 11 is 0. The molecular weight excluding hydrogens is 342 g/mol. The Bertz CT molecular complexity index is 666. The molecule has 0 aromatic heterocycles. The molecule has 25 heavy (non-hydrogen) atoms. The highest BCUT2D eigenvalue weighted by Crippen LogP contribution is 2.23. The number of benzene rings is 1. The standard InChI is InChI=1S/C17H27N3O4S/c1-4-18(5-2)15-6-8-16(9-7-15)20(25(3,22)23)14-17(21)19-10-12-24-13-11-19/h6-9H,4-5,10-14H2,1-3H3. The summed E-state index contributed by atoms with van der Waals surface area (Å²) in [6, 6.07) is 7.28. The molecule has 1 aliphatic heterocycles. The number of anilines is 2. The maximum atomic E-state index is 12.5. The van der Waals surface area contributed by atoms with Crippen molar-refractivity contribution in [2.24, 2.45) is 0 Å². The van der Waals surface area contributed by atoms with Crippen molar-refractivity contribution in [1.29, 1.82) is 0 Å².